The molecular formula is C22H26IN5. The van der Waals surface area contributed by atoms with E-state index in [0.717, 1.165) is 32.0 Å². The number of aliphatic imine (C=N–C) groups is 1. The lowest BCUT2D eigenvalue weighted by Gasteiger charge is -2.22. The summed E-state index contributed by atoms with van der Waals surface area (Å²) in [4.78, 5) is 11.3. The van der Waals surface area contributed by atoms with Gasteiger partial charge in [0.05, 0.1) is 12.9 Å². The summed E-state index contributed by atoms with van der Waals surface area (Å²) < 4.78 is 2.08. The van der Waals surface area contributed by atoms with Crippen LogP contribution >= 0.6 is 24.0 Å². The molecule has 0 aliphatic carbocycles. The van der Waals surface area contributed by atoms with Crippen molar-refractivity contribution in [3.63, 3.8) is 0 Å². The SMILES string of the molecule is CCNC(=NCc1cccc(Cn2ccnc2)c1)N1CCc2ccccc21.I. The van der Waals surface area contributed by atoms with Gasteiger partial charge in [-0.05, 0) is 36.1 Å². The average Bonchev–Trinajstić information content (AvgIpc) is 3.35. The Morgan fingerprint density at radius 1 is 1.14 bits per heavy atom. The van der Waals surface area contributed by atoms with Gasteiger partial charge in [-0.25, -0.2) is 9.98 Å². The topological polar surface area (TPSA) is 45.5 Å². The molecule has 0 radical (unpaired) electrons. The monoisotopic (exact) mass is 487 g/mol. The summed E-state index contributed by atoms with van der Waals surface area (Å²) in [5, 5.41) is 3.45. The Labute approximate surface area is 183 Å². The molecule has 0 spiro atoms. The van der Waals surface area contributed by atoms with E-state index >= 15 is 0 Å². The number of imidazole rings is 1. The van der Waals surface area contributed by atoms with Gasteiger partial charge in [0, 0.05) is 37.7 Å². The maximum Gasteiger partial charge on any atom is 0.198 e. The van der Waals surface area contributed by atoms with Crippen molar-refractivity contribution in [3.05, 3.63) is 83.9 Å². The van der Waals surface area contributed by atoms with Crippen molar-refractivity contribution >= 4 is 35.6 Å². The highest BCUT2D eigenvalue weighted by atomic mass is 127. The van der Waals surface area contributed by atoms with Gasteiger partial charge >= 0.3 is 0 Å². The molecule has 0 atom stereocenters. The van der Waals surface area contributed by atoms with Crippen LogP contribution < -0.4 is 10.2 Å². The van der Waals surface area contributed by atoms with Crippen LogP contribution in [0.15, 0.2) is 72.2 Å². The molecular weight excluding hydrogens is 461 g/mol. The lowest BCUT2D eigenvalue weighted by molar-refractivity contribution is 0.795. The molecule has 4 rings (SSSR count). The van der Waals surface area contributed by atoms with Crippen LogP contribution in [-0.4, -0.2) is 28.6 Å². The van der Waals surface area contributed by atoms with Crippen LogP contribution in [0.3, 0.4) is 0 Å². The number of halogens is 1. The normalized spacial score (nSPS) is 13.2. The second kappa shape index (κ2) is 9.73. The number of para-hydroxylation sites is 1. The second-order valence-electron chi connectivity index (χ2n) is 6.76. The Morgan fingerprint density at radius 3 is 2.82 bits per heavy atom. The van der Waals surface area contributed by atoms with Gasteiger partial charge in [0.1, 0.15) is 0 Å². The predicted molar refractivity (Wildman–Crippen MR) is 125 cm³/mol. The summed E-state index contributed by atoms with van der Waals surface area (Å²) in [5.74, 6) is 0.961. The van der Waals surface area contributed by atoms with Gasteiger partial charge in [-0.1, -0.05) is 42.5 Å². The third kappa shape index (κ3) is 4.73. The highest BCUT2D eigenvalue weighted by Gasteiger charge is 2.22. The van der Waals surface area contributed by atoms with Gasteiger partial charge in [0.25, 0.3) is 0 Å². The summed E-state index contributed by atoms with van der Waals surface area (Å²) in [7, 11) is 0. The first kappa shape index (κ1) is 20.4. The highest BCUT2D eigenvalue weighted by Crippen LogP contribution is 2.27. The van der Waals surface area contributed by atoms with E-state index in [1.165, 1.54) is 22.4 Å². The van der Waals surface area contributed by atoms with Gasteiger partial charge in [-0.15, -0.1) is 24.0 Å². The van der Waals surface area contributed by atoms with Crippen molar-refractivity contribution < 1.29 is 0 Å². The number of fused-ring (bicyclic) bond motifs is 1. The smallest absolute Gasteiger partial charge is 0.198 e. The maximum absolute atomic E-state index is 4.92. The number of hydrogen-bond donors (Lipinski definition) is 1. The number of nitrogens with one attached hydrogen (secondary N) is 1. The summed E-state index contributed by atoms with van der Waals surface area (Å²) in [6.45, 7) is 5.45. The molecule has 2 heterocycles. The number of hydrogen-bond acceptors (Lipinski definition) is 2. The molecule has 28 heavy (non-hydrogen) atoms. The highest BCUT2D eigenvalue weighted by molar-refractivity contribution is 14.0. The molecule has 0 saturated carbocycles. The maximum atomic E-state index is 4.92. The van der Waals surface area contributed by atoms with Crippen LogP contribution in [0.1, 0.15) is 23.6 Å². The van der Waals surface area contributed by atoms with Crippen LogP contribution in [0.5, 0.6) is 0 Å². The Balaban J connectivity index is 0.00000225. The van der Waals surface area contributed by atoms with Crippen molar-refractivity contribution in [2.75, 3.05) is 18.0 Å². The summed E-state index contributed by atoms with van der Waals surface area (Å²) in [6.07, 6.45) is 6.71. The zero-order chi connectivity index (χ0) is 18.5. The lowest BCUT2D eigenvalue weighted by Crippen LogP contribution is -2.40. The Morgan fingerprint density at radius 2 is 2.00 bits per heavy atom. The van der Waals surface area contributed by atoms with Crippen molar-refractivity contribution in [1.82, 2.24) is 14.9 Å². The molecule has 146 valence electrons. The van der Waals surface area contributed by atoms with E-state index in [9.17, 15) is 0 Å². The number of aromatic nitrogens is 2. The van der Waals surface area contributed by atoms with E-state index in [0.29, 0.717) is 6.54 Å². The second-order valence-corrected chi connectivity index (χ2v) is 6.76. The zero-order valence-electron chi connectivity index (χ0n) is 16.1. The molecule has 0 saturated heterocycles. The molecule has 1 N–H and O–H groups in total. The van der Waals surface area contributed by atoms with Gasteiger partial charge in [-0.2, -0.15) is 0 Å². The van der Waals surface area contributed by atoms with E-state index in [1.807, 2.05) is 18.7 Å². The van der Waals surface area contributed by atoms with E-state index in [4.69, 9.17) is 4.99 Å². The zero-order valence-corrected chi connectivity index (χ0v) is 18.4. The standard InChI is InChI=1S/C22H25N5.HI/c1-2-24-22(27-12-10-20-8-3-4-9-21(20)27)25-15-18-6-5-7-19(14-18)16-26-13-11-23-17-26;/h3-9,11,13-14,17H,2,10,12,15-16H2,1H3,(H,24,25);1H. The molecule has 6 heteroatoms. The van der Waals surface area contributed by atoms with Gasteiger partial charge in [0.15, 0.2) is 5.96 Å². The minimum Gasteiger partial charge on any atom is -0.356 e. The van der Waals surface area contributed by atoms with Gasteiger partial charge in [-0.3, -0.25) is 0 Å². The van der Waals surface area contributed by atoms with Crippen LogP contribution in [0.2, 0.25) is 0 Å². The van der Waals surface area contributed by atoms with Crippen LogP contribution in [0, 0.1) is 0 Å². The van der Waals surface area contributed by atoms with Crippen LogP contribution in [0.25, 0.3) is 0 Å². The molecule has 5 nitrogen and oxygen atoms in total. The molecule has 1 aliphatic heterocycles. The Bertz CT molecular complexity index is 920. The molecule has 0 bridgehead atoms. The third-order valence-corrected chi connectivity index (χ3v) is 4.80. The summed E-state index contributed by atoms with van der Waals surface area (Å²) >= 11 is 0. The Kier molecular flexibility index (Phi) is 7.08. The van der Waals surface area contributed by atoms with Crippen molar-refractivity contribution in [1.29, 1.82) is 0 Å². The first-order valence-electron chi connectivity index (χ1n) is 9.51. The van der Waals surface area contributed by atoms with Crippen LogP contribution in [0.4, 0.5) is 5.69 Å². The fourth-order valence-corrected chi connectivity index (χ4v) is 3.54. The number of benzene rings is 2. The fourth-order valence-electron chi connectivity index (χ4n) is 3.54. The fraction of sp³-hybridized carbons (Fsp3) is 0.273. The number of nitrogens with zero attached hydrogens (tertiary/aromatic N) is 4. The molecule has 0 unspecified atom stereocenters. The lowest BCUT2D eigenvalue weighted by atomic mass is 10.1. The van der Waals surface area contributed by atoms with Crippen LogP contribution in [-0.2, 0) is 19.5 Å². The molecule has 1 aromatic heterocycles. The van der Waals surface area contributed by atoms with Crippen molar-refractivity contribution in [2.45, 2.75) is 26.4 Å². The quantitative estimate of drug-likeness (QED) is 0.335. The summed E-state index contributed by atoms with van der Waals surface area (Å²) in [6, 6.07) is 17.2. The first-order chi connectivity index (χ1) is 13.3. The Hall–Kier alpha value is -2.35. The first-order valence-corrected chi connectivity index (χ1v) is 9.51. The number of anilines is 1. The minimum atomic E-state index is 0. The molecule has 0 fully saturated rings. The van der Waals surface area contributed by atoms with Gasteiger partial charge in [0.2, 0.25) is 0 Å². The molecule has 1 aliphatic rings. The number of guanidine groups is 1. The average molecular weight is 487 g/mol. The van der Waals surface area contributed by atoms with E-state index in [1.54, 1.807) is 0 Å². The molecule has 3 aromatic rings. The largest absolute Gasteiger partial charge is 0.356 e. The van der Waals surface area contributed by atoms with E-state index < -0.39 is 0 Å². The minimum absolute atomic E-state index is 0. The predicted octanol–water partition coefficient (Wildman–Crippen LogP) is 4.08. The number of rotatable bonds is 5. The van der Waals surface area contributed by atoms with Gasteiger partial charge < -0.3 is 14.8 Å². The van der Waals surface area contributed by atoms with Crippen molar-refractivity contribution in [2.24, 2.45) is 4.99 Å². The van der Waals surface area contributed by atoms with Crippen molar-refractivity contribution in [3.8, 4) is 0 Å². The molecule has 0 amide bonds. The van der Waals surface area contributed by atoms with E-state index in [2.05, 4.69) is 75.2 Å². The van der Waals surface area contributed by atoms with E-state index in [-0.39, 0.29) is 24.0 Å². The third-order valence-electron chi connectivity index (χ3n) is 4.80. The summed E-state index contributed by atoms with van der Waals surface area (Å²) in [5.41, 5.74) is 5.14. The molecule has 2 aromatic carbocycles.